The van der Waals surface area contributed by atoms with E-state index in [1.165, 1.54) is 6.08 Å². The van der Waals surface area contributed by atoms with Crippen LogP contribution in [-0.2, 0) is 4.79 Å². The molecule has 5 rings (SSSR count). The smallest absolute Gasteiger partial charge is 0.254 e. The van der Waals surface area contributed by atoms with Crippen LogP contribution < -0.4 is 15.0 Å². The summed E-state index contributed by atoms with van der Waals surface area (Å²) in [6.45, 7) is 5.60. The Hall–Kier alpha value is -3.94. The van der Waals surface area contributed by atoms with Crippen LogP contribution in [0.5, 0.6) is 5.75 Å². The van der Waals surface area contributed by atoms with E-state index in [4.69, 9.17) is 4.74 Å². The second-order valence-corrected chi connectivity index (χ2v) is 7.86. The molecule has 32 heavy (non-hydrogen) atoms. The fourth-order valence-electron chi connectivity index (χ4n) is 4.16. The second kappa shape index (κ2) is 8.30. The predicted octanol–water partition coefficient (Wildman–Crippen LogP) is 2.87. The number of fused-ring (bicyclic) bond motifs is 2. The van der Waals surface area contributed by atoms with Crippen molar-refractivity contribution in [3.63, 3.8) is 0 Å². The molecule has 1 aromatic heterocycles. The van der Waals surface area contributed by atoms with Crippen LogP contribution in [0.4, 0.5) is 11.6 Å². The first-order chi connectivity index (χ1) is 15.6. The van der Waals surface area contributed by atoms with Gasteiger partial charge in [-0.1, -0.05) is 24.8 Å². The Morgan fingerprint density at radius 3 is 2.94 bits per heavy atom. The SMILES string of the molecule is C=CC(=O)N1CCOc2cc(C(=O)N3CCC(Nc4ncc5ccccc5n4)C3)ccc21. The number of amides is 2. The van der Waals surface area contributed by atoms with Crippen molar-refractivity contribution in [1.82, 2.24) is 14.9 Å². The van der Waals surface area contributed by atoms with Gasteiger partial charge in [0.25, 0.3) is 11.8 Å². The van der Waals surface area contributed by atoms with Crippen molar-refractivity contribution in [2.45, 2.75) is 12.5 Å². The highest BCUT2D eigenvalue weighted by molar-refractivity contribution is 6.03. The fourth-order valence-corrected chi connectivity index (χ4v) is 4.16. The first-order valence-electron chi connectivity index (χ1n) is 10.6. The molecule has 162 valence electrons. The highest BCUT2D eigenvalue weighted by atomic mass is 16.5. The van der Waals surface area contributed by atoms with Crippen LogP contribution in [0.1, 0.15) is 16.8 Å². The van der Waals surface area contributed by atoms with Gasteiger partial charge in [-0.3, -0.25) is 9.59 Å². The largest absolute Gasteiger partial charge is 0.490 e. The molecule has 3 aromatic rings. The number of nitrogens with one attached hydrogen (secondary N) is 1. The summed E-state index contributed by atoms with van der Waals surface area (Å²) in [5, 5.41) is 4.34. The molecule has 2 aromatic carbocycles. The van der Waals surface area contributed by atoms with Gasteiger partial charge in [-0.15, -0.1) is 0 Å². The van der Waals surface area contributed by atoms with Gasteiger partial charge in [0.2, 0.25) is 5.95 Å². The van der Waals surface area contributed by atoms with Crippen LogP contribution in [0, 0.1) is 0 Å². The van der Waals surface area contributed by atoms with Crippen molar-refractivity contribution in [2.75, 3.05) is 36.5 Å². The Morgan fingerprint density at radius 1 is 1.19 bits per heavy atom. The predicted molar refractivity (Wildman–Crippen MR) is 122 cm³/mol. The van der Waals surface area contributed by atoms with E-state index in [9.17, 15) is 9.59 Å². The van der Waals surface area contributed by atoms with Crippen molar-refractivity contribution in [1.29, 1.82) is 0 Å². The summed E-state index contributed by atoms with van der Waals surface area (Å²) in [5.74, 6) is 0.859. The summed E-state index contributed by atoms with van der Waals surface area (Å²) in [4.78, 5) is 37.5. The Morgan fingerprint density at radius 2 is 2.06 bits per heavy atom. The first-order valence-corrected chi connectivity index (χ1v) is 10.6. The maximum Gasteiger partial charge on any atom is 0.254 e. The number of carbonyl (C=O) groups is 2. The van der Waals surface area contributed by atoms with E-state index in [-0.39, 0.29) is 17.9 Å². The van der Waals surface area contributed by atoms with E-state index >= 15 is 0 Å². The van der Waals surface area contributed by atoms with Crippen LogP contribution in [0.3, 0.4) is 0 Å². The van der Waals surface area contributed by atoms with Crippen molar-refractivity contribution in [3.05, 3.63) is 66.9 Å². The minimum atomic E-state index is -0.182. The number of para-hydroxylation sites is 1. The van der Waals surface area contributed by atoms with Gasteiger partial charge >= 0.3 is 0 Å². The van der Waals surface area contributed by atoms with Crippen molar-refractivity contribution >= 4 is 34.4 Å². The molecule has 1 N–H and O–H groups in total. The summed E-state index contributed by atoms with van der Waals surface area (Å²) < 4.78 is 5.71. The van der Waals surface area contributed by atoms with Crippen LogP contribution in [0.15, 0.2) is 61.3 Å². The Bertz CT molecular complexity index is 1210. The molecular weight excluding hydrogens is 406 g/mol. The zero-order valence-electron chi connectivity index (χ0n) is 17.5. The van der Waals surface area contributed by atoms with Gasteiger partial charge in [0, 0.05) is 36.3 Å². The lowest BCUT2D eigenvalue weighted by Crippen LogP contribution is -2.37. The number of likely N-dealkylation sites (tertiary alicyclic amines) is 1. The average Bonchev–Trinajstić information content (AvgIpc) is 3.30. The first kappa shape index (κ1) is 20.0. The van der Waals surface area contributed by atoms with Crippen molar-refractivity contribution in [3.8, 4) is 5.75 Å². The summed E-state index contributed by atoms with van der Waals surface area (Å²) in [6, 6.07) is 13.1. The number of benzene rings is 2. The molecule has 0 radical (unpaired) electrons. The van der Waals surface area contributed by atoms with E-state index in [2.05, 4.69) is 21.9 Å². The third kappa shape index (κ3) is 3.75. The van der Waals surface area contributed by atoms with Gasteiger partial charge in [-0.25, -0.2) is 9.97 Å². The minimum absolute atomic E-state index is 0.0627. The maximum absolute atomic E-state index is 13.1. The summed E-state index contributed by atoms with van der Waals surface area (Å²) >= 11 is 0. The van der Waals surface area contributed by atoms with E-state index in [0.717, 1.165) is 17.3 Å². The maximum atomic E-state index is 13.1. The highest BCUT2D eigenvalue weighted by Crippen LogP contribution is 2.33. The number of nitrogens with zero attached hydrogens (tertiary/aromatic N) is 4. The molecule has 2 amide bonds. The van der Waals surface area contributed by atoms with E-state index in [0.29, 0.717) is 49.2 Å². The number of aromatic nitrogens is 2. The molecule has 8 heteroatoms. The van der Waals surface area contributed by atoms with Crippen LogP contribution in [0.25, 0.3) is 10.9 Å². The van der Waals surface area contributed by atoms with Crippen LogP contribution >= 0.6 is 0 Å². The average molecular weight is 429 g/mol. The monoisotopic (exact) mass is 429 g/mol. The summed E-state index contributed by atoms with van der Waals surface area (Å²) in [5.41, 5.74) is 2.08. The molecule has 0 aliphatic carbocycles. The Balaban J connectivity index is 1.27. The third-order valence-corrected chi connectivity index (χ3v) is 5.81. The van der Waals surface area contributed by atoms with Gasteiger partial charge in [-0.2, -0.15) is 0 Å². The van der Waals surface area contributed by atoms with Gasteiger partial charge in [0.05, 0.1) is 17.7 Å². The molecule has 3 heterocycles. The van der Waals surface area contributed by atoms with Gasteiger partial charge in [0.15, 0.2) is 0 Å². The lowest BCUT2D eigenvalue weighted by Gasteiger charge is -2.29. The number of carbonyl (C=O) groups excluding carboxylic acids is 2. The number of anilines is 2. The Labute approximate surface area is 185 Å². The molecule has 2 aliphatic rings. The van der Waals surface area contributed by atoms with Gasteiger partial charge in [0.1, 0.15) is 12.4 Å². The van der Waals surface area contributed by atoms with Gasteiger partial charge < -0.3 is 19.9 Å². The second-order valence-electron chi connectivity index (χ2n) is 7.86. The molecule has 1 saturated heterocycles. The zero-order chi connectivity index (χ0) is 22.1. The number of hydrogen-bond donors (Lipinski definition) is 1. The molecule has 0 spiro atoms. The number of rotatable bonds is 4. The molecule has 1 unspecified atom stereocenters. The molecular formula is C24H23N5O3. The topological polar surface area (TPSA) is 87.7 Å². The standard InChI is InChI=1S/C24H23N5O3/c1-2-22(30)29-11-12-32-21-13-16(7-8-20(21)29)23(31)28-10-9-18(15-28)26-24-25-14-17-5-3-4-6-19(17)27-24/h2-8,13-14,18H,1,9-12,15H2,(H,25,26,27). The lowest BCUT2D eigenvalue weighted by molar-refractivity contribution is -0.114. The minimum Gasteiger partial charge on any atom is -0.490 e. The quantitative estimate of drug-likeness (QED) is 0.642. The molecule has 0 saturated carbocycles. The van der Waals surface area contributed by atoms with Crippen LogP contribution in [0.2, 0.25) is 0 Å². The third-order valence-electron chi connectivity index (χ3n) is 5.81. The fraction of sp³-hybridized carbons (Fsp3) is 0.250. The lowest BCUT2D eigenvalue weighted by atomic mass is 10.1. The van der Waals surface area contributed by atoms with E-state index < -0.39 is 0 Å². The van der Waals surface area contributed by atoms with Crippen LogP contribution in [-0.4, -0.2) is 59.0 Å². The summed E-state index contributed by atoms with van der Waals surface area (Å²) in [7, 11) is 0. The van der Waals surface area contributed by atoms with Gasteiger partial charge in [-0.05, 0) is 36.8 Å². The highest BCUT2D eigenvalue weighted by Gasteiger charge is 2.29. The van der Waals surface area contributed by atoms with Crippen molar-refractivity contribution < 1.29 is 14.3 Å². The molecule has 1 atom stereocenters. The molecule has 0 bridgehead atoms. The molecule has 8 nitrogen and oxygen atoms in total. The van der Waals surface area contributed by atoms with E-state index in [1.807, 2.05) is 29.2 Å². The molecule has 2 aliphatic heterocycles. The summed E-state index contributed by atoms with van der Waals surface area (Å²) in [6.07, 6.45) is 3.89. The number of hydrogen-bond acceptors (Lipinski definition) is 6. The number of ether oxygens (including phenoxy) is 1. The van der Waals surface area contributed by atoms with E-state index in [1.54, 1.807) is 29.3 Å². The molecule has 1 fully saturated rings. The Kier molecular flexibility index (Phi) is 5.18. The van der Waals surface area contributed by atoms with Crippen molar-refractivity contribution in [2.24, 2.45) is 0 Å². The normalized spacial score (nSPS) is 17.6. The zero-order valence-corrected chi connectivity index (χ0v) is 17.5.